The van der Waals surface area contributed by atoms with Crippen molar-refractivity contribution in [3.8, 4) is 0 Å². The van der Waals surface area contributed by atoms with E-state index in [4.69, 9.17) is 0 Å². The quantitative estimate of drug-likeness (QED) is 0.483. The normalized spacial score (nSPS) is 11.8. The lowest BCUT2D eigenvalue weighted by Crippen LogP contribution is -2.24. The third-order valence-corrected chi connectivity index (χ3v) is 2.83. The molecule has 0 aliphatic rings. The lowest BCUT2D eigenvalue weighted by molar-refractivity contribution is -0.139. The monoisotopic (exact) mass is 279 g/mol. The Bertz CT molecular complexity index is 426. The Balaban J connectivity index is 4.53. The lowest BCUT2D eigenvalue weighted by atomic mass is 10.3. The Morgan fingerprint density at radius 2 is 1.83 bits per heavy atom. The first-order valence-corrected chi connectivity index (χ1v) is 7.11. The Morgan fingerprint density at radius 3 is 2.28 bits per heavy atom. The Hall–Kier alpha value is -1.57. The standard InChI is InChI=1S/C10H17NO6S/c1-16-9(12)6-8(7-10(13)17-2)11-4-5-18(3,14)15/h6,11H,4-5,7H2,1-3H3. The molecule has 0 saturated heterocycles. The van der Waals surface area contributed by atoms with Crippen LogP contribution in [0.3, 0.4) is 0 Å². The molecule has 0 bridgehead atoms. The predicted molar refractivity (Wildman–Crippen MR) is 64.4 cm³/mol. The number of hydrogen-bond acceptors (Lipinski definition) is 7. The van der Waals surface area contributed by atoms with Crippen LogP contribution in [0.4, 0.5) is 0 Å². The van der Waals surface area contributed by atoms with Crippen LogP contribution in [-0.4, -0.2) is 53.1 Å². The van der Waals surface area contributed by atoms with E-state index >= 15 is 0 Å². The molecule has 18 heavy (non-hydrogen) atoms. The molecule has 104 valence electrons. The number of rotatable bonds is 7. The number of hydrogen-bond donors (Lipinski definition) is 1. The number of methoxy groups -OCH3 is 2. The zero-order chi connectivity index (χ0) is 14.2. The van der Waals surface area contributed by atoms with Gasteiger partial charge in [0.15, 0.2) is 0 Å². The third-order valence-electron chi connectivity index (χ3n) is 1.88. The third kappa shape index (κ3) is 8.57. The molecule has 0 aromatic rings. The van der Waals surface area contributed by atoms with Crippen molar-refractivity contribution in [2.45, 2.75) is 6.42 Å². The van der Waals surface area contributed by atoms with Gasteiger partial charge in [-0.1, -0.05) is 0 Å². The van der Waals surface area contributed by atoms with Crippen LogP contribution >= 0.6 is 0 Å². The van der Waals surface area contributed by atoms with Gasteiger partial charge < -0.3 is 14.8 Å². The van der Waals surface area contributed by atoms with E-state index in [2.05, 4.69) is 14.8 Å². The maximum absolute atomic E-state index is 11.1. The minimum absolute atomic E-state index is 0.0959. The van der Waals surface area contributed by atoms with Crippen LogP contribution < -0.4 is 5.32 Å². The second kappa shape index (κ2) is 7.70. The average Bonchev–Trinajstić information content (AvgIpc) is 2.26. The topological polar surface area (TPSA) is 98.8 Å². The number of esters is 2. The highest BCUT2D eigenvalue weighted by Gasteiger charge is 2.09. The lowest BCUT2D eigenvalue weighted by Gasteiger charge is -2.09. The molecule has 0 atom stereocenters. The summed E-state index contributed by atoms with van der Waals surface area (Å²) in [6.07, 6.45) is 2.02. The minimum atomic E-state index is -3.11. The van der Waals surface area contributed by atoms with Crippen molar-refractivity contribution in [3.63, 3.8) is 0 Å². The maximum Gasteiger partial charge on any atom is 0.332 e. The van der Waals surface area contributed by atoms with Gasteiger partial charge in [-0.05, 0) is 0 Å². The molecule has 0 aromatic carbocycles. The molecule has 0 aliphatic heterocycles. The van der Waals surface area contributed by atoms with Gasteiger partial charge in [0.25, 0.3) is 0 Å². The van der Waals surface area contributed by atoms with E-state index in [0.717, 1.165) is 12.3 Å². The summed E-state index contributed by atoms with van der Waals surface area (Å²) in [5, 5.41) is 2.69. The second-order valence-corrected chi connectivity index (χ2v) is 5.76. The van der Waals surface area contributed by atoms with Gasteiger partial charge in [-0.2, -0.15) is 0 Å². The SMILES string of the molecule is COC(=O)C=C(CC(=O)OC)NCCS(C)(=O)=O. The predicted octanol–water partition coefficient (Wildman–Crippen LogP) is -0.759. The number of sulfone groups is 1. The van der Waals surface area contributed by atoms with Gasteiger partial charge in [-0.15, -0.1) is 0 Å². The van der Waals surface area contributed by atoms with E-state index in [-0.39, 0.29) is 24.4 Å². The molecule has 0 fully saturated rings. The zero-order valence-corrected chi connectivity index (χ0v) is 11.4. The summed E-state index contributed by atoms with van der Waals surface area (Å²) < 4.78 is 30.7. The molecule has 0 unspecified atom stereocenters. The Kier molecular flexibility index (Phi) is 7.03. The number of nitrogens with one attached hydrogen (secondary N) is 1. The van der Waals surface area contributed by atoms with Crippen LogP contribution in [0.25, 0.3) is 0 Å². The Labute approximate surface area is 106 Å². The van der Waals surface area contributed by atoms with Crippen molar-refractivity contribution in [2.24, 2.45) is 0 Å². The van der Waals surface area contributed by atoms with Gasteiger partial charge in [-0.25, -0.2) is 13.2 Å². The molecule has 1 N–H and O–H groups in total. The summed E-state index contributed by atoms with van der Waals surface area (Å²) in [4.78, 5) is 22.1. The van der Waals surface area contributed by atoms with Crippen molar-refractivity contribution in [1.29, 1.82) is 0 Å². The van der Waals surface area contributed by atoms with E-state index in [1.165, 1.54) is 14.2 Å². The highest BCUT2D eigenvalue weighted by Crippen LogP contribution is 2.00. The van der Waals surface area contributed by atoms with Crippen LogP contribution in [0.1, 0.15) is 6.42 Å². The first-order chi connectivity index (χ1) is 8.28. The van der Waals surface area contributed by atoms with Crippen molar-refractivity contribution < 1.29 is 27.5 Å². The molecule has 0 amide bonds. The first-order valence-electron chi connectivity index (χ1n) is 5.05. The molecule has 7 nitrogen and oxygen atoms in total. The van der Waals surface area contributed by atoms with Crippen molar-refractivity contribution in [2.75, 3.05) is 32.8 Å². The maximum atomic E-state index is 11.1. The summed E-state index contributed by atoms with van der Waals surface area (Å²) in [6, 6.07) is 0. The second-order valence-electron chi connectivity index (χ2n) is 3.50. The van der Waals surface area contributed by atoms with Gasteiger partial charge in [-0.3, -0.25) is 4.79 Å². The van der Waals surface area contributed by atoms with Crippen molar-refractivity contribution in [3.05, 3.63) is 11.8 Å². The van der Waals surface area contributed by atoms with Crippen LogP contribution in [-0.2, 0) is 28.9 Å². The van der Waals surface area contributed by atoms with Gasteiger partial charge in [0, 0.05) is 24.6 Å². The minimum Gasteiger partial charge on any atom is -0.469 e. The molecule has 0 aromatic heterocycles. The molecular weight excluding hydrogens is 262 g/mol. The van der Waals surface area contributed by atoms with Crippen molar-refractivity contribution in [1.82, 2.24) is 5.32 Å². The van der Waals surface area contributed by atoms with Gasteiger partial charge in [0.2, 0.25) is 0 Å². The Morgan fingerprint density at radius 1 is 1.22 bits per heavy atom. The molecule has 0 heterocycles. The summed E-state index contributed by atoms with van der Waals surface area (Å²) >= 11 is 0. The van der Waals surface area contributed by atoms with E-state index in [1.54, 1.807) is 0 Å². The number of ether oxygens (including phenoxy) is 2. The highest BCUT2D eigenvalue weighted by atomic mass is 32.2. The summed E-state index contributed by atoms with van der Waals surface area (Å²) in [5.74, 6) is -1.29. The fraction of sp³-hybridized carbons (Fsp3) is 0.600. The summed E-state index contributed by atoms with van der Waals surface area (Å²) in [7, 11) is -0.694. The smallest absolute Gasteiger partial charge is 0.332 e. The molecule has 0 saturated carbocycles. The fourth-order valence-corrected chi connectivity index (χ4v) is 1.46. The average molecular weight is 279 g/mol. The molecule has 0 aliphatic carbocycles. The van der Waals surface area contributed by atoms with Gasteiger partial charge >= 0.3 is 11.9 Å². The number of carbonyl (C=O) groups excluding carboxylic acids is 2. The van der Waals surface area contributed by atoms with E-state index in [0.29, 0.717) is 0 Å². The number of carbonyl (C=O) groups is 2. The largest absolute Gasteiger partial charge is 0.469 e. The van der Waals surface area contributed by atoms with E-state index in [1.807, 2.05) is 0 Å². The summed E-state index contributed by atoms with van der Waals surface area (Å²) in [6.45, 7) is 0.0959. The highest BCUT2D eigenvalue weighted by molar-refractivity contribution is 7.90. The van der Waals surface area contributed by atoms with Crippen molar-refractivity contribution >= 4 is 21.8 Å². The first kappa shape index (κ1) is 16.4. The van der Waals surface area contributed by atoms with Gasteiger partial charge in [0.05, 0.1) is 26.4 Å². The van der Waals surface area contributed by atoms with E-state index in [9.17, 15) is 18.0 Å². The van der Waals surface area contributed by atoms with Crippen LogP contribution in [0.5, 0.6) is 0 Å². The molecule has 8 heteroatoms. The fourth-order valence-electron chi connectivity index (χ4n) is 0.990. The summed E-state index contributed by atoms with van der Waals surface area (Å²) in [5.41, 5.74) is 0.248. The van der Waals surface area contributed by atoms with Gasteiger partial charge in [0.1, 0.15) is 9.84 Å². The van der Waals surface area contributed by atoms with Crippen LogP contribution in [0.2, 0.25) is 0 Å². The molecule has 0 rings (SSSR count). The van der Waals surface area contributed by atoms with E-state index < -0.39 is 21.8 Å². The molecular formula is C10H17NO6S. The zero-order valence-electron chi connectivity index (χ0n) is 10.6. The van der Waals surface area contributed by atoms with Crippen LogP contribution in [0.15, 0.2) is 11.8 Å². The molecule has 0 spiro atoms. The van der Waals surface area contributed by atoms with Crippen LogP contribution in [0, 0.1) is 0 Å². The molecule has 0 radical (unpaired) electrons.